The van der Waals surface area contributed by atoms with Crippen LogP contribution in [0.15, 0.2) is 18.2 Å². The average Bonchev–Trinajstić information content (AvgIpc) is 2.70. The molecule has 0 bridgehead atoms. The summed E-state index contributed by atoms with van der Waals surface area (Å²) in [5, 5.41) is 3.31. The lowest BCUT2D eigenvalue weighted by Gasteiger charge is -2.29. The van der Waals surface area contributed by atoms with Crippen molar-refractivity contribution in [3.8, 4) is 0 Å². The van der Waals surface area contributed by atoms with Crippen LogP contribution in [0.2, 0.25) is 0 Å². The van der Waals surface area contributed by atoms with E-state index in [1.807, 2.05) is 6.92 Å². The molecule has 1 atom stereocenters. The Balaban J connectivity index is 2.33. The minimum atomic E-state index is -0.458. The number of rotatable bonds is 3. The van der Waals surface area contributed by atoms with Crippen molar-refractivity contribution in [3.63, 3.8) is 0 Å². The van der Waals surface area contributed by atoms with Crippen molar-refractivity contribution in [1.29, 1.82) is 0 Å². The molecule has 1 heterocycles. The second kappa shape index (κ2) is 6.81. The first-order chi connectivity index (χ1) is 9.63. The SMILES string of the molecule is COC(=O)C(c1ccc(F)cc1C)N1CCCNCC1. The number of carbonyl (C=O) groups is 1. The molecule has 0 spiro atoms. The Morgan fingerprint density at radius 2 is 2.20 bits per heavy atom. The molecule has 1 unspecified atom stereocenters. The molecule has 2 rings (SSSR count). The number of nitrogens with zero attached hydrogens (tertiary/aromatic N) is 1. The Morgan fingerprint density at radius 1 is 1.40 bits per heavy atom. The summed E-state index contributed by atoms with van der Waals surface area (Å²) in [7, 11) is 1.39. The number of halogens is 1. The number of nitrogens with one attached hydrogen (secondary N) is 1. The van der Waals surface area contributed by atoms with Crippen molar-refractivity contribution in [2.24, 2.45) is 0 Å². The molecule has 0 saturated carbocycles. The Labute approximate surface area is 118 Å². The van der Waals surface area contributed by atoms with E-state index in [-0.39, 0.29) is 11.8 Å². The molecule has 1 N–H and O–H groups in total. The van der Waals surface area contributed by atoms with Crippen LogP contribution in [0.25, 0.3) is 0 Å². The molecule has 1 fully saturated rings. The van der Waals surface area contributed by atoms with Crippen LogP contribution in [0.5, 0.6) is 0 Å². The van der Waals surface area contributed by atoms with E-state index in [0.29, 0.717) is 0 Å². The summed E-state index contributed by atoms with van der Waals surface area (Å²) in [6.45, 7) is 5.21. The van der Waals surface area contributed by atoms with Crippen LogP contribution >= 0.6 is 0 Å². The monoisotopic (exact) mass is 280 g/mol. The molecule has 4 nitrogen and oxygen atoms in total. The molecular weight excluding hydrogens is 259 g/mol. The van der Waals surface area contributed by atoms with Crippen molar-refractivity contribution in [2.75, 3.05) is 33.3 Å². The number of hydrogen-bond acceptors (Lipinski definition) is 4. The summed E-state index contributed by atoms with van der Waals surface area (Å²) in [6, 6.07) is 4.08. The Bertz CT molecular complexity index is 471. The first-order valence-corrected chi connectivity index (χ1v) is 6.92. The first-order valence-electron chi connectivity index (χ1n) is 6.92. The first kappa shape index (κ1) is 14.9. The zero-order valence-electron chi connectivity index (χ0n) is 12.0. The smallest absolute Gasteiger partial charge is 0.327 e. The lowest BCUT2D eigenvalue weighted by Crippen LogP contribution is -2.37. The van der Waals surface area contributed by atoms with Gasteiger partial charge in [-0.25, -0.2) is 9.18 Å². The molecule has 1 saturated heterocycles. The molecular formula is C15H21FN2O2. The van der Waals surface area contributed by atoms with E-state index in [1.165, 1.54) is 19.2 Å². The standard InChI is InChI=1S/C15H21FN2O2/c1-11-10-12(16)4-5-13(11)14(15(19)20-2)18-8-3-6-17-7-9-18/h4-5,10,14,17H,3,6-9H2,1-2H3. The Hall–Kier alpha value is -1.46. The van der Waals surface area contributed by atoms with Gasteiger partial charge in [0.1, 0.15) is 11.9 Å². The van der Waals surface area contributed by atoms with E-state index < -0.39 is 6.04 Å². The maximum Gasteiger partial charge on any atom is 0.327 e. The molecule has 1 aromatic rings. The highest BCUT2D eigenvalue weighted by atomic mass is 19.1. The van der Waals surface area contributed by atoms with Gasteiger partial charge in [-0.05, 0) is 43.1 Å². The summed E-state index contributed by atoms with van der Waals surface area (Å²) in [6.07, 6.45) is 0.980. The highest BCUT2D eigenvalue weighted by molar-refractivity contribution is 5.78. The number of methoxy groups -OCH3 is 1. The second-order valence-corrected chi connectivity index (χ2v) is 5.07. The number of benzene rings is 1. The molecule has 20 heavy (non-hydrogen) atoms. The summed E-state index contributed by atoms with van der Waals surface area (Å²) in [5.74, 6) is -0.575. The molecule has 1 aliphatic rings. The van der Waals surface area contributed by atoms with Gasteiger partial charge in [0.05, 0.1) is 7.11 Å². The minimum Gasteiger partial charge on any atom is -0.468 e. The van der Waals surface area contributed by atoms with Gasteiger partial charge in [-0.15, -0.1) is 0 Å². The zero-order chi connectivity index (χ0) is 14.5. The van der Waals surface area contributed by atoms with E-state index in [1.54, 1.807) is 6.07 Å². The van der Waals surface area contributed by atoms with Crippen LogP contribution in [0, 0.1) is 12.7 Å². The second-order valence-electron chi connectivity index (χ2n) is 5.07. The van der Waals surface area contributed by atoms with E-state index in [2.05, 4.69) is 10.2 Å². The summed E-state index contributed by atoms with van der Waals surface area (Å²) in [4.78, 5) is 14.3. The maximum atomic E-state index is 13.3. The van der Waals surface area contributed by atoms with Gasteiger partial charge in [0.15, 0.2) is 0 Å². The molecule has 1 aromatic carbocycles. The molecule has 0 aliphatic carbocycles. The molecule has 1 aliphatic heterocycles. The fourth-order valence-corrected chi connectivity index (χ4v) is 2.66. The molecule has 0 aromatic heterocycles. The third-order valence-electron chi connectivity index (χ3n) is 3.69. The van der Waals surface area contributed by atoms with Gasteiger partial charge >= 0.3 is 5.97 Å². The Morgan fingerprint density at radius 3 is 2.90 bits per heavy atom. The van der Waals surface area contributed by atoms with E-state index >= 15 is 0 Å². The van der Waals surface area contributed by atoms with Gasteiger partial charge < -0.3 is 10.1 Å². The van der Waals surface area contributed by atoms with Crippen LogP contribution < -0.4 is 5.32 Å². The largest absolute Gasteiger partial charge is 0.468 e. The molecule has 0 amide bonds. The van der Waals surface area contributed by atoms with Crippen LogP contribution in [0.3, 0.4) is 0 Å². The van der Waals surface area contributed by atoms with Crippen molar-refractivity contribution in [3.05, 3.63) is 35.1 Å². The quantitative estimate of drug-likeness (QED) is 0.855. The van der Waals surface area contributed by atoms with E-state index in [9.17, 15) is 9.18 Å². The van der Waals surface area contributed by atoms with Crippen molar-refractivity contribution in [2.45, 2.75) is 19.4 Å². The van der Waals surface area contributed by atoms with Gasteiger partial charge in [-0.1, -0.05) is 6.07 Å². The van der Waals surface area contributed by atoms with Crippen LogP contribution in [-0.2, 0) is 9.53 Å². The van der Waals surface area contributed by atoms with E-state index in [4.69, 9.17) is 4.74 Å². The number of hydrogen-bond donors (Lipinski definition) is 1. The molecule has 0 radical (unpaired) electrons. The summed E-state index contributed by atoms with van der Waals surface area (Å²) < 4.78 is 18.2. The predicted molar refractivity (Wildman–Crippen MR) is 75.0 cm³/mol. The molecule has 5 heteroatoms. The Kier molecular flexibility index (Phi) is 5.09. The number of ether oxygens (including phenoxy) is 1. The van der Waals surface area contributed by atoms with Gasteiger partial charge in [-0.2, -0.15) is 0 Å². The number of aryl methyl sites for hydroxylation is 1. The van der Waals surface area contributed by atoms with Gasteiger partial charge in [-0.3, -0.25) is 4.90 Å². The zero-order valence-corrected chi connectivity index (χ0v) is 12.0. The fraction of sp³-hybridized carbons (Fsp3) is 0.533. The van der Waals surface area contributed by atoms with Gasteiger partial charge in [0, 0.05) is 19.6 Å². The average molecular weight is 280 g/mol. The highest BCUT2D eigenvalue weighted by Gasteiger charge is 2.30. The van der Waals surface area contributed by atoms with Gasteiger partial charge in [0.2, 0.25) is 0 Å². The van der Waals surface area contributed by atoms with Crippen LogP contribution in [0.4, 0.5) is 4.39 Å². The topological polar surface area (TPSA) is 41.6 Å². The lowest BCUT2D eigenvalue weighted by molar-refractivity contribution is -0.147. The third-order valence-corrected chi connectivity index (χ3v) is 3.69. The predicted octanol–water partition coefficient (Wildman–Crippen LogP) is 1.64. The number of carbonyl (C=O) groups excluding carboxylic acids is 1. The van der Waals surface area contributed by atoms with Crippen LogP contribution in [-0.4, -0.2) is 44.2 Å². The highest BCUT2D eigenvalue weighted by Crippen LogP contribution is 2.26. The minimum absolute atomic E-state index is 0.285. The maximum absolute atomic E-state index is 13.3. The van der Waals surface area contributed by atoms with E-state index in [0.717, 1.165) is 43.7 Å². The van der Waals surface area contributed by atoms with Crippen molar-refractivity contribution in [1.82, 2.24) is 10.2 Å². The van der Waals surface area contributed by atoms with Crippen molar-refractivity contribution >= 4 is 5.97 Å². The lowest BCUT2D eigenvalue weighted by atomic mass is 9.99. The summed E-state index contributed by atoms with van der Waals surface area (Å²) >= 11 is 0. The summed E-state index contributed by atoms with van der Waals surface area (Å²) in [5.41, 5.74) is 1.60. The number of esters is 1. The van der Waals surface area contributed by atoms with Crippen LogP contribution in [0.1, 0.15) is 23.6 Å². The third kappa shape index (κ3) is 3.35. The van der Waals surface area contributed by atoms with Gasteiger partial charge in [0.25, 0.3) is 0 Å². The molecule has 110 valence electrons. The fourth-order valence-electron chi connectivity index (χ4n) is 2.66. The van der Waals surface area contributed by atoms with Crippen molar-refractivity contribution < 1.29 is 13.9 Å². The normalized spacial score (nSPS) is 18.4.